The number of alkyl halides is 1. The molecule has 19 heavy (non-hydrogen) atoms. The molecule has 2 atom stereocenters. The normalized spacial score (nSPS) is 23.5. The molecule has 1 fully saturated rings. The summed E-state index contributed by atoms with van der Waals surface area (Å²) in [7, 11) is 1.61. The molecule has 0 saturated carbocycles. The number of hydrogen-bond donors (Lipinski definition) is 1. The Kier molecular flexibility index (Phi) is 4.99. The Morgan fingerprint density at radius 1 is 1.42 bits per heavy atom. The summed E-state index contributed by atoms with van der Waals surface area (Å²) in [6.45, 7) is 1.46. The minimum atomic E-state index is -0.839. The number of likely N-dealkylation sites (tertiary alicyclic amines) is 1. The molecule has 0 radical (unpaired) electrons. The smallest absolute Gasteiger partial charge is 0.123 e. The Labute approximate surface area is 112 Å². The third-order valence-corrected chi connectivity index (χ3v) is 3.38. The van der Waals surface area contributed by atoms with Gasteiger partial charge >= 0.3 is 0 Å². The average Bonchev–Trinajstić information content (AvgIpc) is 2.79. The first-order valence-corrected chi connectivity index (χ1v) is 6.48. The lowest BCUT2D eigenvalue weighted by Crippen LogP contribution is -2.35. The fourth-order valence-electron chi connectivity index (χ4n) is 2.36. The third kappa shape index (κ3) is 3.81. The van der Waals surface area contributed by atoms with Gasteiger partial charge in [0.15, 0.2) is 0 Å². The Hall–Kier alpha value is -1.33. The highest BCUT2D eigenvalue weighted by molar-refractivity contribution is 5.32. The lowest BCUT2D eigenvalue weighted by atomic mass is 10.2. The highest BCUT2D eigenvalue weighted by Crippen LogP contribution is 2.21. The number of aliphatic hydroxyl groups excluding tert-OH is 1. The number of halogens is 1. The van der Waals surface area contributed by atoms with Gasteiger partial charge in [0.05, 0.1) is 13.7 Å². The first kappa shape index (κ1) is 14.1. The molecular formula is C14H20FNO3. The lowest BCUT2D eigenvalue weighted by Gasteiger charge is -2.22. The summed E-state index contributed by atoms with van der Waals surface area (Å²) in [6, 6.07) is 7.30. The molecule has 1 aliphatic rings. The van der Waals surface area contributed by atoms with Crippen molar-refractivity contribution < 1.29 is 19.0 Å². The van der Waals surface area contributed by atoms with Gasteiger partial charge in [0.25, 0.3) is 0 Å². The Morgan fingerprint density at radius 2 is 2.21 bits per heavy atom. The van der Waals surface area contributed by atoms with Crippen molar-refractivity contribution in [1.82, 2.24) is 4.90 Å². The van der Waals surface area contributed by atoms with Crippen LogP contribution in [0.15, 0.2) is 24.3 Å². The summed E-state index contributed by atoms with van der Waals surface area (Å²) in [5.41, 5.74) is 0. The zero-order chi connectivity index (χ0) is 13.7. The number of ether oxygens (including phenoxy) is 2. The SMILES string of the molecule is COc1cccc(OCCN2C[C@@H](F)C[C@H]2CO)c1. The number of nitrogens with zero attached hydrogens (tertiary/aromatic N) is 1. The van der Waals surface area contributed by atoms with Crippen molar-refractivity contribution in [2.45, 2.75) is 18.6 Å². The van der Waals surface area contributed by atoms with E-state index in [4.69, 9.17) is 9.47 Å². The van der Waals surface area contributed by atoms with E-state index in [9.17, 15) is 9.50 Å². The van der Waals surface area contributed by atoms with E-state index in [1.165, 1.54) is 0 Å². The van der Waals surface area contributed by atoms with Crippen LogP contribution < -0.4 is 9.47 Å². The first-order valence-electron chi connectivity index (χ1n) is 6.48. The van der Waals surface area contributed by atoms with Crippen LogP contribution >= 0.6 is 0 Å². The van der Waals surface area contributed by atoms with Gasteiger partial charge in [-0.15, -0.1) is 0 Å². The van der Waals surface area contributed by atoms with Gasteiger partial charge in [0.2, 0.25) is 0 Å². The second-order valence-electron chi connectivity index (χ2n) is 4.69. The van der Waals surface area contributed by atoms with E-state index >= 15 is 0 Å². The summed E-state index contributed by atoms with van der Waals surface area (Å²) in [5, 5.41) is 9.17. The molecule has 1 saturated heterocycles. The van der Waals surface area contributed by atoms with Crippen molar-refractivity contribution in [3.05, 3.63) is 24.3 Å². The van der Waals surface area contributed by atoms with Crippen LogP contribution in [0.3, 0.4) is 0 Å². The molecule has 4 nitrogen and oxygen atoms in total. The molecule has 5 heteroatoms. The van der Waals surface area contributed by atoms with Gasteiger partial charge in [-0.25, -0.2) is 4.39 Å². The number of rotatable bonds is 6. The van der Waals surface area contributed by atoms with Crippen LogP contribution in [0.4, 0.5) is 4.39 Å². The molecule has 1 aromatic rings. The maximum absolute atomic E-state index is 13.2. The van der Waals surface area contributed by atoms with Crippen molar-refractivity contribution in [2.75, 3.05) is 33.4 Å². The molecular weight excluding hydrogens is 249 g/mol. The molecule has 0 unspecified atom stereocenters. The molecule has 1 heterocycles. The van der Waals surface area contributed by atoms with Crippen molar-refractivity contribution in [2.24, 2.45) is 0 Å². The summed E-state index contributed by atoms with van der Waals surface area (Å²) < 4.78 is 24.0. The average molecular weight is 269 g/mol. The lowest BCUT2D eigenvalue weighted by molar-refractivity contribution is 0.138. The van der Waals surface area contributed by atoms with E-state index in [1.54, 1.807) is 7.11 Å². The van der Waals surface area contributed by atoms with Crippen LogP contribution in [0.2, 0.25) is 0 Å². The van der Waals surface area contributed by atoms with Crippen molar-refractivity contribution in [1.29, 1.82) is 0 Å². The highest BCUT2D eigenvalue weighted by Gasteiger charge is 2.31. The second kappa shape index (κ2) is 6.73. The predicted octanol–water partition coefficient (Wildman–Crippen LogP) is 1.48. The molecule has 1 N–H and O–H groups in total. The largest absolute Gasteiger partial charge is 0.497 e. The first-order chi connectivity index (χ1) is 9.22. The second-order valence-corrected chi connectivity index (χ2v) is 4.69. The number of hydrogen-bond acceptors (Lipinski definition) is 4. The predicted molar refractivity (Wildman–Crippen MR) is 70.4 cm³/mol. The number of benzene rings is 1. The van der Waals surface area contributed by atoms with Crippen molar-refractivity contribution in [3.63, 3.8) is 0 Å². The molecule has 106 valence electrons. The molecule has 0 bridgehead atoms. The quantitative estimate of drug-likeness (QED) is 0.849. The standard InChI is InChI=1S/C14H20FNO3/c1-18-13-3-2-4-14(8-13)19-6-5-16-9-11(15)7-12(16)10-17/h2-4,8,11-12,17H,5-7,9-10H2,1H3/t11-,12-/m0/s1. The summed E-state index contributed by atoms with van der Waals surface area (Å²) in [5.74, 6) is 1.48. The van der Waals surface area contributed by atoms with E-state index < -0.39 is 6.17 Å². The van der Waals surface area contributed by atoms with E-state index in [1.807, 2.05) is 29.2 Å². The molecule has 0 spiro atoms. The zero-order valence-electron chi connectivity index (χ0n) is 11.1. The van der Waals surface area contributed by atoms with Gasteiger partial charge in [0.1, 0.15) is 24.3 Å². The summed E-state index contributed by atoms with van der Waals surface area (Å²) >= 11 is 0. The Bertz CT molecular complexity index is 402. The third-order valence-electron chi connectivity index (χ3n) is 3.38. The molecule has 1 aromatic carbocycles. The summed E-state index contributed by atoms with van der Waals surface area (Å²) in [4.78, 5) is 1.94. The van der Waals surface area contributed by atoms with E-state index in [2.05, 4.69) is 0 Å². The van der Waals surface area contributed by atoms with E-state index in [0.717, 1.165) is 11.5 Å². The van der Waals surface area contributed by atoms with Crippen molar-refractivity contribution >= 4 is 0 Å². The van der Waals surface area contributed by atoms with Gasteiger partial charge in [-0.3, -0.25) is 4.90 Å². The number of aliphatic hydroxyl groups is 1. The zero-order valence-corrected chi connectivity index (χ0v) is 11.1. The fourth-order valence-corrected chi connectivity index (χ4v) is 2.36. The molecule has 1 aliphatic heterocycles. The Morgan fingerprint density at radius 3 is 2.95 bits per heavy atom. The van der Waals surface area contributed by atoms with Crippen LogP contribution in [-0.4, -0.2) is 55.6 Å². The minimum Gasteiger partial charge on any atom is -0.497 e. The highest BCUT2D eigenvalue weighted by atomic mass is 19.1. The van der Waals surface area contributed by atoms with Gasteiger partial charge < -0.3 is 14.6 Å². The topological polar surface area (TPSA) is 41.9 Å². The van der Waals surface area contributed by atoms with Crippen LogP contribution in [-0.2, 0) is 0 Å². The maximum Gasteiger partial charge on any atom is 0.123 e. The van der Waals surface area contributed by atoms with Crippen LogP contribution in [0.1, 0.15) is 6.42 Å². The van der Waals surface area contributed by atoms with Crippen LogP contribution in [0, 0.1) is 0 Å². The van der Waals surface area contributed by atoms with Gasteiger partial charge in [-0.1, -0.05) is 6.07 Å². The minimum absolute atomic E-state index is 0.000417. The maximum atomic E-state index is 13.2. The number of methoxy groups -OCH3 is 1. The van der Waals surface area contributed by atoms with Gasteiger partial charge in [-0.05, 0) is 18.6 Å². The van der Waals surface area contributed by atoms with Crippen LogP contribution in [0.25, 0.3) is 0 Å². The van der Waals surface area contributed by atoms with Crippen LogP contribution in [0.5, 0.6) is 11.5 Å². The van der Waals surface area contributed by atoms with E-state index in [-0.39, 0.29) is 12.6 Å². The van der Waals surface area contributed by atoms with Gasteiger partial charge in [0, 0.05) is 25.2 Å². The van der Waals surface area contributed by atoms with Gasteiger partial charge in [-0.2, -0.15) is 0 Å². The molecule has 0 aliphatic carbocycles. The fraction of sp³-hybridized carbons (Fsp3) is 0.571. The summed E-state index contributed by atoms with van der Waals surface area (Å²) in [6.07, 6.45) is -0.427. The Balaban J connectivity index is 1.79. The monoisotopic (exact) mass is 269 g/mol. The molecule has 0 amide bonds. The molecule has 2 rings (SSSR count). The van der Waals surface area contributed by atoms with E-state index in [0.29, 0.717) is 26.1 Å². The molecule has 0 aromatic heterocycles. The van der Waals surface area contributed by atoms with Crippen molar-refractivity contribution in [3.8, 4) is 11.5 Å².